The summed E-state index contributed by atoms with van der Waals surface area (Å²) in [4.78, 5) is 10.8. The van der Waals surface area contributed by atoms with E-state index in [2.05, 4.69) is 15.9 Å². The fraction of sp³-hybridized carbons (Fsp3) is 0.417. The van der Waals surface area contributed by atoms with Crippen LogP contribution in [0.2, 0.25) is 0 Å². The molecule has 0 amide bonds. The van der Waals surface area contributed by atoms with Gasteiger partial charge in [-0.05, 0) is 37.1 Å². The Bertz CT molecular complexity index is 395. The number of hydrogen-bond donors (Lipinski definition) is 0. The Morgan fingerprint density at radius 1 is 1.53 bits per heavy atom. The second kappa shape index (κ2) is 6.59. The molecular weight excluding hydrogens is 291 g/mol. The minimum absolute atomic E-state index is 0.224. The molecule has 0 aliphatic heterocycles. The van der Waals surface area contributed by atoms with E-state index in [-0.39, 0.29) is 12.2 Å². The van der Waals surface area contributed by atoms with E-state index in [0.29, 0.717) is 17.9 Å². The molecule has 0 aromatic heterocycles. The quantitative estimate of drug-likeness (QED) is 0.620. The Balaban J connectivity index is 2.76. The highest BCUT2D eigenvalue weighted by Gasteiger charge is 2.18. The predicted octanol–water partition coefficient (Wildman–Crippen LogP) is 2.70. The lowest BCUT2D eigenvalue weighted by Crippen LogP contribution is -2.20. The van der Waals surface area contributed by atoms with Gasteiger partial charge in [0, 0.05) is 0 Å². The van der Waals surface area contributed by atoms with Gasteiger partial charge in [-0.2, -0.15) is 0 Å². The maximum Gasteiger partial charge on any atom is 0.320 e. The summed E-state index contributed by atoms with van der Waals surface area (Å²) in [6, 6.07) is 4.42. The molecule has 5 heteroatoms. The smallest absolute Gasteiger partial charge is 0.320 e. The van der Waals surface area contributed by atoms with E-state index < -0.39 is 10.8 Å². The second-order valence-electron chi connectivity index (χ2n) is 3.38. The molecule has 0 saturated heterocycles. The summed E-state index contributed by atoms with van der Waals surface area (Å²) in [5.41, 5.74) is 0.416. The zero-order chi connectivity index (χ0) is 12.8. The van der Waals surface area contributed by atoms with Crippen LogP contribution >= 0.6 is 15.9 Å². The van der Waals surface area contributed by atoms with Crippen LogP contribution < -0.4 is 4.74 Å². The Hall–Kier alpha value is -1.10. The number of hydrogen-bond acceptors (Lipinski definition) is 3. The zero-order valence-corrected chi connectivity index (χ0v) is 11.3. The van der Waals surface area contributed by atoms with Gasteiger partial charge >= 0.3 is 5.97 Å². The van der Waals surface area contributed by atoms with Crippen molar-refractivity contribution in [3.8, 4) is 5.75 Å². The Labute approximate surface area is 108 Å². The number of ether oxygens (including phenoxy) is 2. The molecule has 1 rings (SSSR count). The summed E-state index contributed by atoms with van der Waals surface area (Å²) in [6.45, 7) is 2.03. The van der Waals surface area contributed by atoms with E-state index in [0.717, 1.165) is 0 Å². The van der Waals surface area contributed by atoms with Crippen LogP contribution in [0.3, 0.4) is 0 Å². The van der Waals surface area contributed by atoms with Crippen molar-refractivity contribution in [2.75, 3.05) is 13.7 Å². The van der Waals surface area contributed by atoms with Crippen LogP contribution in [0.4, 0.5) is 4.39 Å². The molecule has 0 aliphatic carbocycles. The molecule has 0 fully saturated rings. The minimum atomic E-state index is -0.552. The van der Waals surface area contributed by atoms with Crippen LogP contribution in [-0.2, 0) is 16.0 Å². The molecule has 0 spiro atoms. The third-order valence-electron chi connectivity index (χ3n) is 2.19. The van der Waals surface area contributed by atoms with Gasteiger partial charge in [-0.25, -0.2) is 4.39 Å². The number of carbonyl (C=O) groups is 1. The van der Waals surface area contributed by atoms with Gasteiger partial charge in [-0.15, -0.1) is 0 Å². The fourth-order valence-electron chi connectivity index (χ4n) is 1.34. The molecule has 0 saturated carbocycles. The van der Waals surface area contributed by atoms with E-state index in [9.17, 15) is 9.18 Å². The van der Waals surface area contributed by atoms with Crippen molar-refractivity contribution in [2.45, 2.75) is 18.2 Å². The maximum atomic E-state index is 13.5. The molecule has 0 bridgehead atoms. The first-order chi connectivity index (χ1) is 8.08. The lowest BCUT2D eigenvalue weighted by atomic mass is 10.1. The standard InChI is InChI=1S/C12H14BrFO3/c1-3-17-12(15)10(13)7-8-6-9(16-2)4-5-11(8)14/h4-6,10H,3,7H2,1-2H3. The summed E-state index contributed by atoms with van der Waals surface area (Å²) in [6.07, 6.45) is 0.224. The molecule has 17 heavy (non-hydrogen) atoms. The van der Waals surface area contributed by atoms with E-state index >= 15 is 0 Å². The van der Waals surface area contributed by atoms with Crippen molar-refractivity contribution < 1.29 is 18.7 Å². The van der Waals surface area contributed by atoms with Gasteiger partial charge in [0.15, 0.2) is 0 Å². The normalized spacial score (nSPS) is 12.0. The summed E-state index contributed by atoms with van der Waals surface area (Å²) < 4.78 is 23.3. The van der Waals surface area contributed by atoms with Crippen LogP contribution in [0.25, 0.3) is 0 Å². The second-order valence-corrected chi connectivity index (χ2v) is 4.49. The van der Waals surface area contributed by atoms with Gasteiger partial charge in [-0.1, -0.05) is 15.9 Å². The predicted molar refractivity (Wildman–Crippen MR) is 66.0 cm³/mol. The summed E-state index contributed by atoms with van der Waals surface area (Å²) in [5.74, 6) is -0.195. The number of methoxy groups -OCH3 is 1. The molecule has 1 aromatic rings. The highest BCUT2D eigenvalue weighted by atomic mass is 79.9. The van der Waals surface area contributed by atoms with Crippen LogP contribution in [0.5, 0.6) is 5.75 Å². The number of carbonyl (C=O) groups excluding carboxylic acids is 1. The maximum absolute atomic E-state index is 13.5. The third kappa shape index (κ3) is 4.00. The van der Waals surface area contributed by atoms with Crippen molar-refractivity contribution in [3.63, 3.8) is 0 Å². The average Bonchev–Trinajstić information content (AvgIpc) is 2.32. The topological polar surface area (TPSA) is 35.5 Å². The SMILES string of the molecule is CCOC(=O)C(Br)Cc1cc(OC)ccc1F. The van der Waals surface area contributed by atoms with Crippen molar-refractivity contribution in [1.29, 1.82) is 0 Å². The van der Waals surface area contributed by atoms with Crippen LogP contribution in [0.15, 0.2) is 18.2 Å². The lowest BCUT2D eigenvalue weighted by molar-refractivity contribution is -0.142. The number of esters is 1. The van der Waals surface area contributed by atoms with E-state index in [1.54, 1.807) is 13.0 Å². The molecule has 1 aromatic carbocycles. The zero-order valence-electron chi connectivity index (χ0n) is 9.70. The number of halogens is 2. The van der Waals surface area contributed by atoms with Gasteiger partial charge < -0.3 is 9.47 Å². The molecule has 1 unspecified atom stereocenters. The first kappa shape index (κ1) is 14.0. The van der Waals surface area contributed by atoms with E-state index in [1.807, 2.05) is 0 Å². The number of benzene rings is 1. The van der Waals surface area contributed by atoms with Crippen molar-refractivity contribution in [3.05, 3.63) is 29.6 Å². The van der Waals surface area contributed by atoms with Crippen molar-refractivity contribution in [1.82, 2.24) is 0 Å². The molecular formula is C12H14BrFO3. The average molecular weight is 305 g/mol. The highest BCUT2D eigenvalue weighted by Crippen LogP contribution is 2.20. The minimum Gasteiger partial charge on any atom is -0.497 e. The number of rotatable bonds is 5. The highest BCUT2D eigenvalue weighted by molar-refractivity contribution is 9.10. The van der Waals surface area contributed by atoms with E-state index in [1.165, 1.54) is 19.2 Å². The number of alkyl halides is 1. The van der Waals surface area contributed by atoms with Crippen LogP contribution in [-0.4, -0.2) is 24.5 Å². The molecule has 1 atom stereocenters. The summed E-state index contributed by atoms with van der Waals surface area (Å²) >= 11 is 3.18. The Morgan fingerprint density at radius 2 is 2.24 bits per heavy atom. The largest absolute Gasteiger partial charge is 0.497 e. The first-order valence-electron chi connectivity index (χ1n) is 5.21. The molecule has 0 radical (unpaired) electrons. The van der Waals surface area contributed by atoms with Crippen LogP contribution in [0, 0.1) is 5.82 Å². The fourth-order valence-corrected chi connectivity index (χ4v) is 1.82. The first-order valence-corrected chi connectivity index (χ1v) is 6.13. The Morgan fingerprint density at radius 3 is 2.82 bits per heavy atom. The summed E-state index contributed by atoms with van der Waals surface area (Å²) in [5, 5.41) is 0. The van der Waals surface area contributed by atoms with Crippen molar-refractivity contribution >= 4 is 21.9 Å². The Kier molecular flexibility index (Phi) is 5.41. The van der Waals surface area contributed by atoms with Crippen LogP contribution in [0.1, 0.15) is 12.5 Å². The van der Waals surface area contributed by atoms with Gasteiger partial charge in [0.25, 0.3) is 0 Å². The monoisotopic (exact) mass is 304 g/mol. The van der Waals surface area contributed by atoms with Gasteiger partial charge in [0.2, 0.25) is 0 Å². The van der Waals surface area contributed by atoms with Gasteiger partial charge in [-0.3, -0.25) is 4.79 Å². The van der Waals surface area contributed by atoms with Gasteiger partial charge in [0.05, 0.1) is 13.7 Å². The third-order valence-corrected chi connectivity index (χ3v) is 2.89. The molecule has 0 aliphatic rings. The molecule has 0 heterocycles. The lowest BCUT2D eigenvalue weighted by Gasteiger charge is -2.10. The summed E-state index contributed by atoms with van der Waals surface area (Å²) in [7, 11) is 1.51. The molecule has 0 N–H and O–H groups in total. The van der Waals surface area contributed by atoms with Crippen molar-refractivity contribution in [2.24, 2.45) is 0 Å². The van der Waals surface area contributed by atoms with Gasteiger partial charge in [0.1, 0.15) is 16.4 Å². The molecule has 3 nitrogen and oxygen atoms in total. The molecule has 94 valence electrons. The van der Waals surface area contributed by atoms with E-state index in [4.69, 9.17) is 9.47 Å².